The fraction of sp³-hybridized carbons (Fsp3) is 0.778. The van der Waals surface area contributed by atoms with Gasteiger partial charge in [-0.1, -0.05) is 6.92 Å². The maximum absolute atomic E-state index is 5.38. The predicted octanol–water partition coefficient (Wildman–Crippen LogP) is 1.21. The number of rotatable bonds is 0. The number of likely N-dealkylation sites (tertiary alicyclic amines) is 1. The minimum Gasteiger partial charge on any atom is -0.305 e. The van der Waals surface area contributed by atoms with Crippen LogP contribution in [0, 0.1) is 24.2 Å². The zero-order valence-electron chi connectivity index (χ0n) is 6.80. The molecule has 0 amide bonds. The monoisotopic (exact) mass is 137 g/mol. The molecule has 1 aliphatic rings. The van der Waals surface area contributed by atoms with Gasteiger partial charge in [-0.2, -0.15) is 0 Å². The second-order valence-electron chi connectivity index (χ2n) is 3.30. The van der Waals surface area contributed by atoms with Crippen molar-refractivity contribution in [1.82, 2.24) is 4.90 Å². The smallest absolute Gasteiger partial charge is 0.0353 e. The van der Waals surface area contributed by atoms with E-state index < -0.39 is 0 Å². The van der Waals surface area contributed by atoms with E-state index in [0.717, 1.165) is 12.5 Å². The third kappa shape index (κ3) is 1.52. The molecule has 0 aromatic heterocycles. The van der Waals surface area contributed by atoms with Crippen LogP contribution >= 0.6 is 0 Å². The average molecular weight is 137 g/mol. The molecule has 1 nitrogen and oxygen atoms in total. The van der Waals surface area contributed by atoms with Gasteiger partial charge in [0.25, 0.3) is 0 Å². The molecule has 1 heterocycles. The van der Waals surface area contributed by atoms with Gasteiger partial charge in [0.1, 0.15) is 0 Å². The van der Waals surface area contributed by atoms with Gasteiger partial charge in [0.2, 0.25) is 0 Å². The molecule has 1 saturated heterocycles. The molecule has 0 aliphatic carbocycles. The predicted molar refractivity (Wildman–Crippen MR) is 43.6 cm³/mol. The largest absolute Gasteiger partial charge is 0.305 e. The third-order valence-corrected chi connectivity index (χ3v) is 2.38. The van der Waals surface area contributed by atoms with Crippen molar-refractivity contribution in [3.8, 4) is 12.3 Å². The van der Waals surface area contributed by atoms with Gasteiger partial charge in [0.05, 0.1) is 0 Å². The van der Waals surface area contributed by atoms with Crippen LogP contribution in [0.25, 0.3) is 0 Å². The van der Waals surface area contributed by atoms with Crippen LogP contribution in [-0.2, 0) is 0 Å². The summed E-state index contributed by atoms with van der Waals surface area (Å²) >= 11 is 0. The van der Waals surface area contributed by atoms with Gasteiger partial charge in [-0.05, 0) is 25.9 Å². The van der Waals surface area contributed by atoms with Crippen molar-refractivity contribution in [2.24, 2.45) is 11.8 Å². The maximum atomic E-state index is 5.38. The van der Waals surface area contributed by atoms with Crippen LogP contribution in [0.2, 0.25) is 0 Å². The van der Waals surface area contributed by atoms with E-state index in [1.54, 1.807) is 0 Å². The Morgan fingerprint density at radius 2 is 2.30 bits per heavy atom. The Morgan fingerprint density at radius 3 is 2.80 bits per heavy atom. The molecule has 0 spiro atoms. The first-order chi connectivity index (χ1) is 4.74. The Bertz CT molecular complexity index is 145. The summed E-state index contributed by atoms with van der Waals surface area (Å²) in [5.74, 6) is 4.05. The quantitative estimate of drug-likeness (QED) is 0.454. The van der Waals surface area contributed by atoms with Gasteiger partial charge in [0, 0.05) is 12.5 Å². The Labute approximate surface area is 63.4 Å². The Hall–Kier alpha value is -0.480. The summed E-state index contributed by atoms with van der Waals surface area (Å²) in [6.07, 6.45) is 6.63. The van der Waals surface area contributed by atoms with Crippen molar-refractivity contribution in [1.29, 1.82) is 0 Å². The normalized spacial score (nSPS) is 35.3. The molecule has 56 valence electrons. The summed E-state index contributed by atoms with van der Waals surface area (Å²) in [4.78, 5) is 2.31. The SMILES string of the molecule is C#C[C@@H]1CN(C)CC[C@H]1C. The van der Waals surface area contributed by atoms with Gasteiger partial charge >= 0.3 is 0 Å². The minimum atomic E-state index is 0.485. The first kappa shape index (κ1) is 7.63. The van der Waals surface area contributed by atoms with Crippen molar-refractivity contribution >= 4 is 0 Å². The molecule has 2 atom stereocenters. The lowest BCUT2D eigenvalue weighted by Gasteiger charge is -2.31. The first-order valence-corrected chi connectivity index (χ1v) is 3.88. The zero-order chi connectivity index (χ0) is 7.56. The number of nitrogens with zero attached hydrogens (tertiary/aromatic N) is 1. The molecule has 0 bridgehead atoms. The fourth-order valence-electron chi connectivity index (χ4n) is 1.45. The highest BCUT2D eigenvalue weighted by molar-refractivity contribution is 4.98. The van der Waals surface area contributed by atoms with E-state index in [9.17, 15) is 0 Å². The summed E-state index contributed by atoms with van der Waals surface area (Å²) in [5.41, 5.74) is 0. The van der Waals surface area contributed by atoms with E-state index in [4.69, 9.17) is 6.42 Å². The molecule has 10 heavy (non-hydrogen) atoms. The molecule has 1 rings (SSSR count). The topological polar surface area (TPSA) is 3.24 Å². The molecule has 0 unspecified atom stereocenters. The molecule has 1 heteroatoms. The standard InChI is InChI=1S/C9H15N/c1-4-9-7-10(3)6-5-8(9)2/h1,8-9H,5-7H2,2-3H3/t8-,9-/m1/s1. The molecular formula is C9H15N. The molecular weight excluding hydrogens is 122 g/mol. The molecule has 0 aromatic rings. The summed E-state index contributed by atoms with van der Waals surface area (Å²) in [6, 6.07) is 0. The third-order valence-electron chi connectivity index (χ3n) is 2.38. The highest BCUT2D eigenvalue weighted by atomic mass is 15.1. The van der Waals surface area contributed by atoms with E-state index in [1.807, 2.05) is 0 Å². The second kappa shape index (κ2) is 3.07. The number of piperidine rings is 1. The molecule has 0 aromatic carbocycles. The van der Waals surface area contributed by atoms with Crippen LogP contribution in [0.15, 0.2) is 0 Å². The van der Waals surface area contributed by atoms with E-state index in [1.165, 1.54) is 13.0 Å². The van der Waals surface area contributed by atoms with Crippen LogP contribution in [0.5, 0.6) is 0 Å². The number of hydrogen-bond donors (Lipinski definition) is 0. The van der Waals surface area contributed by atoms with Crippen molar-refractivity contribution in [2.75, 3.05) is 20.1 Å². The Kier molecular flexibility index (Phi) is 2.34. The van der Waals surface area contributed by atoms with Crippen molar-refractivity contribution in [2.45, 2.75) is 13.3 Å². The highest BCUT2D eigenvalue weighted by Gasteiger charge is 2.21. The Morgan fingerprint density at radius 1 is 1.60 bits per heavy atom. The maximum Gasteiger partial charge on any atom is 0.0353 e. The van der Waals surface area contributed by atoms with Crippen LogP contribution in [0.4, 0.5) is 0 Å². The lowest BCUT2D eigenvalue weighted by Crippen LogP contribution is -2.36. The minimum absolute atomic E-state index is 0.485. The molecule has 1 aliphatic heterocycles. The number of hydrogen-bond acceptors (Lipinski definition) is 1. The summed E-state index contributed by atoms with van der Waals surface area (Å²) in [7, 11) is 2.14. The Balaban J connectivity index is 2.47. The van der Waals surface area contributed by atoms with Gasteiger partial charge < -0.3 is 4.90 Å². The second-order valence-corrected chi connectivity index (χ2v) is 3.30. The fourth-order valence-corrected chi connectivity index (χ4v) is 1.45. The molecule has 0 N–H and O–H groups in total. The molecule has 0 radical (unpaired) electrons. The van der Waals surface area contributed by atoms with Crippen molar-refractivity contribution in [3.05, 3.63) is 0 Å². The van der Waals surface area contributed by atoms with Gasteiger partial charge in [-0.3, -0.25) is 0 Å². The molecule has 1 fully saturated rings. The zero-order valence-corrected chi connectivity index (χ0v) is 6.80. The van der Waals surface area contributed by atoms with E-state index in [2.05, 4.69) is 24.8 Å². The van der Waals surface area contributed by atoms with Crippen LogP contribution in [0.3, 0.4) is 0 Å². The first-order valence-electron chi connectivity index (χ1n) is 3.88. The molecule has 0 saturated carbocycles. The van der Waals surface area contributed by atoms with Crippen LogP contribution < -0.4 is 0 Å². The van der Waals surface area contributed by atoms with E-state index in [-0.39, 0.29) is 0 Å². The van der Waals surface area contributed by atoms with Crippen LogP contribution in [-0.4, -0.2) is 25.0 Å². The van der Waals surface area contributed by atoms with Crippen LogP contribution in [0.1, 0.15) is 13.3 Å². The van der Waals surface area contributed by atoms with Gasteiger partial charge in [0.15, 0.2) is 0 Å². The van der Waals surface area contributed by atoms with E-state index in [0.29, 0.717) is 5.92 Å². The summed E-state index contributed by atoms with van der Waals surface area (Å²) in [6.45, 7) is 4.54. The van der Waals surface area contributed by atoms with Gasteiger partial charge in [-0.15, -0.1) is 12.3 Å². The van der Waals surface area contributed by atoms with Crippen molar-refractivity contribution < 1.29 is 0 Å². The summed E-state index contributed by atoms with van der Waals surface area (Å²) < 4.78 is 0. The highest BCUT2D eigenvalue weighted by Crippen LogP contribution is 2.20. The number of terminal acetylenes is 1. The lowest BCUT2D eigenvalue weighted by molar-refractivity contribution is 0.189. The van der Waals surface area contributed by atoms with Crippen molar-refractivity contribution in [3.63, 3.8) is 0 Å². The lowest BCUT2D eigenvalue weighted by atomic mass is 9.88. The average Bonchev–Trinajstić information content (AvgIpc) is 1.94. The van der Waals surface area contributed by atoms with Gasteiger partial charge in [-0.25, -0.2) is 0 Å². The summed E-state index contributed by atoms with van der Waals surface area (Å²) in [5, 5.41) is 0. The van der Waals surface area contributed by atoms with E-state index >= 15 is 0 Å².